The molecule has 0 amide bonds. The van der Waals surface area contributed by atoms with E-state index in [4.69, 9.17) is 5.11 Å². The fourth-order valence-corrected chi connectivity index (χ4v) is 1.24. The first-order chi connectivity index (χ1) is 6.25. The molecule has 1 aliphatic carbocycles. The number of hydrogen-bond donors (Lipinski definition) is 1. The van der Waals surface area contributed by atoms with Crippen molar-refractivity contribution in [2.75, 3.05) is 0 Å². The van der Waals surface area contributed by atoms with E-state index >= 15 is 0 Å². The second-order valence-corrected chi connectivity index (χ2v) is 3.35. The molecule has 1 N–H and O–H groups in total. The maximum Gasteiger partial charge on any atom is 0.354 e. The average molecular weight is 178 g/mol. The van der Waals surface area contributed by atoms with Crippen molar-refractivity contribution in [1.29, 1.82) is 0 Å². The number of carboxylic acid groups (broad SMARTS) is 1. The molecule has 4 heteroatoms. The number of nitrogens with zero attached hydrogens (tertiary/aromatic N) is 2. The first-order valence-corrected chi connectivity index (χ1v) is 4.30. The Hall–Kier alpha value is -1.45. The summed E-state index contributed by atoms with van der Waals surface area (Å²) in [6, 6.07) is 1.56. The fourth-order valence-electron chi connectivity index (χ4n) is 1.24. The lowest BCUT2D eigenvalue weighted by Crippen LogP contribution is -2.03. The first kappa shape index (κ1) is 8.16. The van der Waals surface area contributed by atoms with Crippen LogP contribution in [-0.4, -0.2) is 21.0 Å². The summed E-state index contributed by atoms with van der Waals surface area (Å²) in [4.78, 5) is 18.2. The Bertz CT molecular complexity index is 334. The second-order valence-electron chi connectivity index (χ2n) is 3.35. The SMILES string of the molecule is O=C(O)c1cc(CC2CC2)ncn1. The third kappa shape index (κ3) is 2.02. The summed E-state index contributed by atoms with van der Waals surface area (Å²) < 4.78 is 0. The summed E-state index contributed by atoms with van der Waals surface area (Å²) in [6.45, 7) is 0. The van der Waals surface area contributed by atoms with Crippen molar-refractivity contribution >= 4 is 5.97 Å². The van der Waals surface area contributed by atoms with Crippen molar-refractivity contribution in [3.05, 3.63) is 23.8 Å². The highest BCUT2D eigenvalue weighted by Gasteiger charge is 2.22. The first-order valence-electron chi connectivity index (χ1n) is 4.30. The quantitative estimate of drug-likeness (QED) is 0.753. The van der Waals surface area contributed by atoms with Gasteiger partial charge in [-0.05, 0) is 31.2 Å². The highest BCUT2D eigenvalue weighted by molar-refractivity contribution is 5.85. The molecule has 1 aromatic heterocycles. The molecule has 0 bridgehead atoms. The molecule has 2 rings (SSSR count). The van der Waals surface area contributed by atoms with Crippen LogP contribution in [0.3, 0.4) is 0 Å². The lowest BCUT2D eigenvalue weighted by molar-refractivity contribution is 0.0690. The molecule has 0 saturated heterocycles. The predicted octanol–water partition coefficient (Wildman–Crippen LogP) is 1.13. The highest BCUT2D eigenvalue weighted by atomic mass is 16.4. The van der Waals surface area contributed by atoms with Crippen LogP contribution in [0.4, 0.5) is 0 Å². The summed E-state index contributed by atoms with van der Waals surface area (Å²) in [5.74, 6) is -0.268. The lowest BCUT2D eigenvalue weighted by atomic mass is 10.2. The number of aromatic carboxylic acids is 1. The minimum absolute atomic E-state index is 0.0886. The standard InChI is InChI=1S/C9H10N2O2/c12-9(13)8-4-7(10-5-11-8)3-6-1-2-6/h4-6H,1-3H2,(H,12,13). The van der Waals surface area contributed by atoms with E-state index in [1.807, 2.05) is 0 Å². The van der Waals surface area contributed by atoms with Crippen LogP contribution < -0.4 is 0 Å². The van der Waals surface area contributed by atoms with E-state index in [0.29, 0.717) is 0 Å². The van der Waals surface area contributed by atoms with Gasteiger partial charge >= 0.3 is 5.97 Å². The molecule has 1 fully saturated rings. The van der Waals surface area contributed by atoms with Gasteiger partial charge in [-0.3, -0.25) is 0 Å². The maximum absolute atomic E-state index is 10.6. The topological polar surface area (TPSA) is 63.1 Å². The van der Waals surface area contributed by atoms with E-state index in [1.165, 1.54) is 19.2 Å². The van der Waals surface area contributed by atoms with Crippen LogP contribution in [0.1, 0.15) is 29.0 Å². The molecule has 1 heterocycles. The lowest BCUT2D eigenvalue weighted by Gasteiger charge is -1.98. The number of hydrogen-bond acceptors (Lipinski definition) is 3. The minimum Gasteiger partial charge on any atom is -0.477 e. The van der Waals surface area contributed by atoms with Gasteiger partial charge in [-0.1, -0.05) is 0 Å². The van der Waals surface area contributed by atoms with Gasteiger partial charge in [0.15, 0.2) is 5.69 Å². The van der Waals surface area contributed by atoms with Crippen LogP contribution in [0.5, 0.6) is 0 Å². The second kappa shape index (κ2) is 3.12. The molecule has 68 valence electrons. The molecule has 4 nitrogen and oxygen atoms in total. The molecule has 0 atom stereocenters. The molecule has 0 spiro atoms. The van der Waals surface area contributed by atoms with Gasteiger partial charge in [-0.15, -0.1) is 0 Å². The smallest absolute Gasteiger partial charge is 0.354 e. The predicted molar refractivity (Wildman–Crippen MR) is 45.4 cm³/mol. The molecule has 1 saturated carbocycles. The van der Waals surface area contributed by atoms with Crippen molar-refractivity contribution in [2.24, 2.45) is 5.92 Å². The number of rotatable bonds is 3. The van der Waals surface area contributed by atoms with E-state index in [0.717, 1.165) is 18.0 Å². The van der Waals surface area contributed by atoms with Gasteiger partial charge in [0.25, 0.3) is 0 Å². The Labute approximate surface area is 75.6 Å². The molecule has 1 aliphatic rings. The van der Waals surface area contributed by atoms with Crippen LogP contribution in [0, 0.1) is 5.92 Å². The van der Waals surface area contributed by atoms with Gasteiger partial charge in [0.05, 0.1) is 0 Å². The zero-order chi connectivity index (χ0) is 9.26. The molecular weight excluding hydrogens is 168 g/mol. The Morgan fingerprint density at radius 3 is 2.92 bits per heavy atom. The largest absolute Gasteiger partial charge is 0.477 e. The zero-order valence-electron chi connectivity index (χ0n) is 7.10. The van der Waals surface area contributed by atoms with Crippen LogP contribution in [0.2, 0.25) is 0 Å². The molecule has 0 unspecified atom stereocenters. The fraction of sp³-hybridized carbons (Fsp3) is 0.444. The van der Waals surface area contributed by atoms with E-state index < -0.39 is 5.97 Å². The van der Waals surface area contributed by atoms with Gasteiger partial charge in [0.2, 0.25) is 0 Å². The molecule has 0 aliphatic heterocycles. The summed E-state index contributed by atoms with van der Waals surface area (Å²) in [7, 11) is 0. The monoisotopic (exact) mass is 178 g/mol. The van der Waals surface area contributed by atoms with Crippen LogP contribution in [0.15, 0.2) is 12.4 Å². The molecule has 1 aromatic rings. The summed E-state index contributed by atoms with van der Waals surface area (Å²) >= 11 is 0. The summed E-state index contributed by atoms with van der Waals surface area (Å²) in [6.07, 6.45) is 4.70. The van der Waals surface area contributed by atoms with E-state index in [2.05, 4.69) is 9.97 Å². The Morgan fingerprint density at radius 2 is 2.31 bits per heavy atom. The zero-order valence-corrected chi connectivity index (χ0v) is 7.10. The summed E-state index contributed by atoms with van der Waals surface area (Å²) in [5.41, 5.74) is 0.931. The van der Waals surface area contributed by atoms with Crippen LogP contribution >= 0.6 is 0 Å². The van der Waals surface area contributed by atoms with Crippen LogP contribution in [0.25, 0.3) is 0 Å². The molecule has 13 heavy (non-hydrogen) atoms. The maximum atomic E-state index is 10.6. The Balaban J connectivity index is 2.15. The molecular formula is C9H10N2O2. The van der Waals surface area contributed by atoms with Crippen molar-refractivity contribution in [2.45, 2.75) is 19.3 Å². The van der Waals surface area contributed by atoms with Crippen molar-refractivity contribution in [3.63, 3.8) is 0 Å². The van der Waals surface area contributed by atoms with Crippen LogP contribution in [-0.2, 0) is 6.42 Å². The summed E-state index contributed by atoms with van der Waals surface area (Å²) in [5, 5.41) is 8.67. The van der Waals surface area contributed by atoms with Gasteiger partial charge in [-0.2, -0.15) is 0 Å². The van der Waals surface area contributed by atoms with Crippen molar-refractivity contribution in [1.82, 2.24) is 9.97 Å². The Morgan fingerprint density at radius 1 is 1.54 bits per heavy atom. The number of aromatic nitrogens is 2. The van der Waals surface area contributed by atoms with E-state index in [9.17, 15) is 4.79 Å². The minimum atomic E-state index is -0.987. The van der Waals surface area contributed by atoms with Gasteiger partial charge in [-0.25, -0.2) is 14.8 Å². The van der Waals surface area contributed by atoms with Gasteiger partial charge in [0, 0.05) is 5.69 Å². The Kier molecular flexibility index (Phi) is 1.96. The molecule has 0 radical (unpaired) electrons. The normalized spacial score (nSPS) is 15.7. The highest BCUT2D eigenvalue weighted by Crippen LogP contribution is 2.31. The van der Waals surface area contributed by atoms with Crippen molar-refractivity contribution < 1.29 is 9.90 Å². The number of carboxylic acids is 1. The third-order valence-corrected chi connectivity index (χ3v) is 2.14. The average Bonchev–Trinajstić information content (AvgIpc) is 2.89. The number of carbonyl (C=O) groups is 1. The van der Waals surface area contributed by atoms with Gasteiger partial charge < -0.3 is 5.11 Å². The third-order valence-electron chi connectivity index (χ3n) is 2.14. The van der Waals surface area contributed by atoms with Crippen molar-refractivity contribution in [3.8, 4) is 0 Å². The molecule has 0 aromatic carbocycles. The van der Waals surface area contributed by atoms with E-state index in [-0.39, 0.29) is 5.69 Å². The van der Waals surface area contributed by atoms with E-state index in [1.54, 1.807) is 6.07 Å². The van der Waals surface area contributed by atoms with Gasteiger partial charge in [0.1, 0.15) is 6.33 Å².